The number of nitrogens with zero attached hydrogens (tertiary/aromatic N) is 1. The molecule has 0 saturated carbocycles. The van der Waals surface area contributed by atoms with Gasteiger partial charge in [0.15, 0.2) is 0 Å². The topological polar surface area (TPSA) is 54.5 Å². The summed E-state index contributed by atoms with van der Waals surface area (Å²) in [7, 11) is 0. The molecule has 0 N–H and O–H groups in total. The van der Waals surface area contributed by atoms with Crippen molar-refractivity contribution < 1.29 is 14.4 Å². The lowest BCUT2D eigenvalue weighted by Gasteiger charge is -2.52. The Labute approximate surface area is 174 Å². The van der Waals surface area contributed by atoms with Crippen molar-refractivity contribution in [2.45, 2.75) is 18.3 Å². The van der Waals surface area contributed by atoms with Crippen LogP contribution in [0.1, 0.15) is 35.1 Å². The van der Waals surface area contributed by atoms with Gasteiger partial charge in [-0.15, -0.1) is 0 Å². The highest BCUT2D eigenvalue weighted by Crippen LogP contribution is 2.64. The molecule has 3 aliphatic carbocycles. The Kier molecular flexibility index (Phi) is 3.33. The van der Waals surface area contributed by atoms with E-state index in [1.807, 2.05) is 66.7 Å². The Morgan fingerprint density at radius 1 is 0.767 bits per heavy atom. The molecule has 1 heterocycles. The van der Waals surface area contributed by atoms with Crippen LogP contribution in [-0.4, -0.2) is 17.6 Å². The number of anilines is 1. The smallest absolute Gasteiger partial charge is 0.239 e. The van der Waals surface area contributed by atoms with E-state index in [4.69, 9.17) is 0 Å². The molecule has 30 heavy (non-hydrogen) atoms. The van der Waals surface area contributed by atoms with Gasteiger partial charge in [0, 0.05) is 5.92 Å². The second-order valence-corrected chi connectivity index (χ2v) is 8.37. The zero-order chi connectivity index (χ0) is 20.6. The molecule has 2 amide bonds. The fourth-order valence-corrected chi connectivity index (χ4v) is 6.20. The molecule has 3 aromatic rings. The Morgan fingerprint density at radius 3 is 1.87 bits per heavy atom. The molecule has 2 atom stereocenters. The summed E-state index contributed by atoms with van der Waals surface area (Å²) in [4.78, 5) is 42.3. The standard InChI is InChI=1S/C26H19NO3/c1-15(28)26-19-13-7-5-11-17(19)21(18-12-6-8-14-20(18)26)22-23(26)25(30)27(24(22)29)16-9-3-2-4-10-16/h2-14,21-23H,1H3/t21?,22-,23-,26?/m1/s1. The van der Waals surface area contributed by atoms with Crippen LogP contribution in [0.2, 0.25) is 0 Å². The maximum absolute atomic E-state index is 13.8. The van der Waals surface area contributed by atoms with Crippen LogP contribution in [0.3, 0.4) is 0 Å². The number of hydrogen-bond donors (Lipinski definition) is 0. The molecule has 2 bridgehead atoms. The normalized spacial score (nSPS) is 28.2. The zero-order valence-electron chi connectivity index (χ0n) is 16.4. The van der Waals surface area contributed by atoms with Gasteiger partial charge in [-0.2, -0.15) is 0 Å². The van der Waals surface area contributed by atoms with Crippen molar-refractivity contribution in [3.63, 3.8) is 0 Å². The molecule has 4 heteroatoms. The second kappa shape index (κ2) is 5.76. The summed E-state index contributed by atoms with van der Waals surface area (Å²) in [6, 6.07) is 24.7. The largest absolute Gasteiger partial charge is 0.299 e. The van der Waals surface area contributed by atoms with Gasteiger partial charge in [-0.1, -0.05) is 66.7 Å². The average Bonchev–Trinajstić information content (AvgIpc) is 3.05. The van der Waals surface area contributed by atoms with Gasteiger partial charge in [-0.05, 0) is 41.3 Å². The first-order chi connectivity index (χ1) is 14.6. The molecule has 0 radical (unpaired) electrons. The third-order valence-electron chi connectivity index (χ3n) is 7.19. The Morgan fingerprint density at radius 2 is 1.30 bits per heavy atom. The van der Waals surface area contributed by atoms with Gasteiger partial charge in [-0.25, -0.2) is 4.90 Å². The molecule has 7 rings (SSSR count). The van der Waals surface area contributed by atoms with Crippen LogP contribution in [-0.2, 0) is 19.8 Å². The second-order valence-electron chi connectivity index (χ2n) is 8.37. The fourth-order valence-electron chi connectivity index (χ4n) is 6.20. The first-order valence-corrected chi connectivity index (χ1v) is 10.2. The predicted octanol–water partition coefficient (Wildman–Crippen LogP) is 3.83. The number of carbonyl (C=O) groups excluding carboxylic acids is 3. The first kappa shape index (κ1) is 17.3. The summed E-state index contributed by atoms with van der Waals surface area (Å²) >= 11 is 0. The predicted molar refractivity (Wildman–Crippen MR) is 112 cm³/mol. The minimum absolute atomic E-state index is 0.0911. The van der Waals surface area contributed by atoms with E-state index in [9.17, 15) is 14.4 Å². The number of ketones is 1. The van der Waals surface area contributed by atoms with Crippen LogP contribution in [0.5, 0.6) is 0 Å². The van der Waals surface area contributed by atoms with Gasteiger partial charge in [0.2, 0.25) is 11.8 Å². The summed E-state index contributed by atoms with van der Waals surface area (Å²) in [5.41, 5.74) is 3.15. The molecule has 4 nitrogen and oxygen atoms in total. The summed E-state index contributed by atoms with van der Waals surface area (Å²) in [6.45, 7) is 1.55. The lowest BCUT2D eigenvalue weighted by atomic mass is 9.46. The number of carbonyl (C=O) groups is 3. The lowest BCUT2D eigenvalue weighted by Crippen LogP contribution is -2.57. The van der Waals surface area contributed by atoms with Crippen LogP contribution in [0.4, 0.5) is 5.69 Å². The van der Waals surface area contributed by atoms with Crippen LogP contribution < -0.4 is 4.90 Å². The number of para-hydroxylation sites is 1. The van der Waals surface area contributed by atoms with Crippen molar-refractivity contribution in [1.82, 2.24) is 0 Å². The minimum atomic E-state index is -1.14. The fraction of sp³-hybridized carbons (Fsp3) is 0.192. The monoisotopic (exact) mass is 393 g/mol. The van der Waals surface area contributed by atoms with Crippen molar-refractivity contribution in [2.75, 3.05) is 4.90 Å². The van der Waals surface area contributed by atoms with Crippen LogP contribution in [0.15, 0.2) is 78.9 Å². The van der Waals surface area contributed by atoms with Crippen molar-refractivity contribution in [3.05, 3.63) is 101 Å². The summed E-state index contributed by atoms with van der Waals surface area (Å²) in [6.07, 6.45) is 0. The molecule has 4 aliphatic rings. The van der Waals surface area contributed by atoms with Crippen molar-refractivity contribution in [3.8, 4) is 0 Å². The highest BCUT2D eigenvalue weighted by molar-refractivity contribution is 6.25. The third-order valence-corrected chi connectivity index (χ3v) is 7.19. The van der Waals surface area contributed by atoms with Gasteiger partial charge in [0.25, 0.3) is 0 Å². The van der Waals surface area contributed by atoms with Gasteiger partial charge in [-0.3, -0.25) is 14.4 Å². The van der Waals surface area contributed by atoms with E-state index >= 15 is 0 Å². The molecule has 1 saturated heterocycles. The molecule has 0 spiro atoms. The van der Waals surface area contributed by atoms with Crippen LogP contribution in [0.25, 0.3) is 0 Å². The van der Waals surface area contributed by atoms with E-state index in [1.165, 1.54) is 4.90 Å². The van der Waals surface area contributed by atoms with Gasteiger partial charge in [0.05, 0.1) is 22.9 Å². The number of rotatable bonds is 2. The molecular formula is C26H19NO3. The molecule has 0 aromatic heterocycles. The van der Waals surface area contributed by atoms with Crippen LogP contribution in [0, 0.1) is 11.8 Å². The van der Waals surface area contributed by atoms with Crippen LogP contribution >= 0.6 is 0 Å². The van der Waals surface area contributed by atoms with Crippen molar-refractivity contribution in [2.24, 2.45) is 11.8 Å². The highest BCUT2D eigenvalue weighted by Gasteiger charge is 2.69. The highest BCUT2D eigenvalue weighted by atomic mass is 16.2. The molecule has 146 valence electrons. The minimum Gasteiger partial charge on any atom is -0.299 e. The number of imide groups is 1. The molecule has 1 aliphatic heterocycles. The molecule has 0 unspecified atom stereocenters. The first-order valence-electron chi connectivity index (χ1n) is 10.2. The maximum Gasteiger partial charge on any atom is 0.239 e. The van der Waals surface area contributed by atoms with E-state index in [2.05, 4.69) is 0 Å². The van der Waals surface area contributed by atoms with E-state index < -0.39 is 17.3 Å². The Balaban J connectivity index is 1.70. The Hall–Kier alpha value is -3.53. The van der Waals surface area contributed by atoms with Crippen molar-refractivity contribution in [1.29, 1.82) is 0 Å². The molecule has 1 fully saturated rings. The SMILES string of the molecule is CC(=O)C12c3ccccc3C(c3ccccc31)[C@H]1C(=O)N(c3ccccc3)C(=O)[C@@H]12. The summed E-state index contributed by atoms with van der Waals surface area (Å²) in [5.74, 6) is -2.11. The number of hydrogen-bond acceptors (Lipinski definition) is 3. The summed E-state index contributed by atoms with van der Waals surface area (Å²) < 4.78 is 0. The number of benzene rings is 3. The summed E-state index contributed by atoms with van der Waals surface area (Å²) in [5, 5.41) is 0. The van der Waals surface area contributed by atoms with Gasteiger partial charge in [0.1, 0.15) is 5.78 Å². The number of amides is 2. The Bertz CT molecular complexity index is 1200. The van der Waals surface area contributed by atoms with Gasteiger partial charge >= 0.3 is 0 Å². The zero-order valence-corrected chi connectivity index (χ0v) is 16.4. The van der Waals surface area contributed by atoms with E-state index in [0.717, 1.165) is 22.3 Å². The van der Waals surface area contributed by atoms with E-state index in [1.54, 1.807) is 19.1 Å². The third kappa shape index (κ3) is 1.80. The average molecular weight is 393 g/mol. The van der Waals surface area contributed by atoms with E-state index in [0.29, 0.717) is 5.69 Å². The van der Waals surface area contributed by atoms with E-state index in [-0.39, 0.29) is 23.5 Å². The maximum atomic E-state index is 13.8. The van der Waals surface area contributed by atoms with Crippen molar-refractivity contribution >= 4 is 23.3 Å². The number of Topliss-reactive ketones (excluding diaryl/α,β-unsaturated/α-hetero) is 1. The lowest BCUT2D eigenvalue weighted by molar-refractivity contribution is -0.132. The molecule has 3 aromatic carbocycles. The molecular weight excluding hydrogens is 374 g/mol. The quantitative estimate of drug-likeness (QED) is 0.622. The van der Waals surface area contributed by atoms with Gasteiger partial charge < -0.3 is 0 Å².